The van der Waals surface area contributed by atoms with Gasteiger partial charge in [-0.2, -0.15) is 0 Å². The first-order chi connectivity index (χ1) is 12.5. The van der Waals surface area contributed by atoms with Crippen molar-refractivity contribution in [3.63, 3.8) is 0 Å². The molecule has 0 saturated carbocycles. The normalized spacial score (nSPS) is 16.0. The van der Waals surface area contributed by atoms with Gasteiger partial charge < -0.3 is 10.1 Å². The second-order valence-corrected chi connectivity index (χ2v) is 6.26. The van der Waals surface area contributed by atoms with Crippen LogP contribution in [0.1, 0.15) is 36.2 Å². The van der Waals surface area contributed by atoms with E-state index in [1.165, 1.54) is 12.1 Å². The van der Waals surface area contributed by atoms with E-state index in [2.05, 4.69) is 5.32 Å². The lowest BCUT2D eigenvalue weighted by atomic mass is 9.97. The van der Waals surface area contributed by atoms with Crippen molar-refractivity contribution < 1.29 is 18.7 Å². The van der Waals surface area contributed by atoms with Gasteiger partial charge in [-0.25, -0.2) is 14.0 Å². The number of nitrogens with one attached hydrogen (secondary N) is 1. The Morgan fingerprint density at radius 2 is 1.96 bits per heavy atom. The van der Waals surface area contributed by atoms with Gasteiger partial charge in [0.1, 0.15) is 5.82 Å². The van der Waals surface area contributed by atoms with Crippen LogP contribution in [0.25, 0.3) is 0 Å². The van der Waals surface area contributed by atoms with Crippen LogP contribution in [0.5, 0.6) is 0 Å². The molecule has 0 saturated heterocycles. The fourth-order valence-electron chi connectivity index (χ4n) is 3.12. The number of amides is 2. The Morgan fingerprint density at radius 1 is 1.23 bits per heavy atom. The summed E-state index contributed by atoms with van der Waals surface area (Å²) in [5, 5.41) is 2.84. The number of nitrogens with zero attached hydrogens (tertiary/aromatic N) is 1. The van der Waals surface area contributed by atoms with E-state index >= 15 is 0 Å². The van der Waals surface area contributed by atoms with E-state index in [9.17, 15) is 14.0 Å². The molecule has 5 nitrogen and oxygen atoms in total. The molecule has 1 aliphatic heterocycles. The molecule has 26 heavy (non-hydrogen) atoms. The van der Waals surface area contributed by atoms with Crippen LogP contribution in [-0.4, -0.2) is 24.6 Å². The molecule has 0 spiro atoms. The van der Waals surface area contributed by atoms with Crippen LogP contribution in [0.2, 0.25) is 0 Å². The predicted octanol–water partition coefficient (Wildman–Crippen LogP) is 4.38. The Labute approximate surface area is 151 Å². The molecule has 2 aromatic rings. The number of hydrogen-bond donors (Lipinski definition) is 1. The van der Waals surface area contributed by atoms with Crippen LogP contribution >= 0.6 is 0 Å². The van der Waals surface area contributed by atoms with E-state index in [1.807, 2.05) is 6.92 Å². The fourth-order valence-corrected chi connectivity index (χ4v) is 3.12. The van der Waals surface area contributed by atoms with Gasteiger partial charge in [0.25, 0.3) is 0 Å². The molecular weight excluding hydrogens is 335 g/mol. The Bertz CT molecular complexity index is 820. The molecule has 1 atom stereocenters. The third-order valence-electron chi connectivity index (χ3n) is 4.44. The van der Waals surface area contributed by atoms with Crippen molar-refractivity contribution in [2.45, 2.75) is 32.7 Å². The molecule has 0 aliphatic carbocycles. The Balaban J connectivity index is 1.77. The van der Waals surface area contributed by atoms with E-state index in [0.29, 0.717) is 17.9 Å². The molecule has 2 aromatic carbocycles. The van der Waals surface area contributed by atoms with E-state index in [0.717, 1.165) is 24.1 Å². The lowest BCUT2D eigenvalue weighted by molar-refractivity contribution is 0.0526. The Hall–Kier alpha value is -2.89. The molecule has 0 unspecified atom stereocenters. The van der Waals surface area contributed by atoms with Crippen molar-refractivity contribution in [1.82, 2.24) is 0 Å². The summed E-state index contributed by atoms with van der Waals surface area (Å²) in [5.74, 6) is -0.695. The van der Waals surface area contributed by atoms with E-state index in [1.54, 1.807) is 42.2 Å². The summed E-state index contributed by atoms with van der Waals surface area (Å²) in [7, 11) is 0. The Kier molecular flexibility index (Phi) is 5.21. The topological polar surface area (TPSA) is 58.6 Å². The van der Waals surface area contributed by atoms with Gasteiger partial charge in [-0.05, 0) is 74.7 Å². The highest BCUT2D eigenvalue weighted by atomic mass is 19.1. The molecule has 0 radical (unpaired) electrons. The number of esters is 1. The lowest BCUT2D eigenvalue weighted by Crippen LogP contribution is -2.44. The summed E-state index contributed by atoms with van der Waals surface area (Å²) >= 11 is 0. The quantitative estimate of drug-likeness (QED) is 0.831. The number of benzene rings is 2. The molecule has 1 N–H and O–H groups in total. The zero-order valence-electron chi connectivity index (χ0n) is 14.8. The van der Waals surface area contributed by atoms with Gasteiger partial charge in [0, 0.05) is 17.4 Å². The zero-order valence-corrected chi connectivity index (χ0v) is 14.8. The number of carbonyl (C=O) groups is 2. The number of halogens is 1. The maximum Gasteiger partial charge on any atom is 0.338 e. The maximum absolute atomic E-state index is 13.5. The third-order valence-corrected chi connectivity index (χ3v) is 4.44. The number of urea groups is 1. The van der Waals surface area contributed by atoms with Crippen LogP contribution < -0.4 is 10.2 Å². The molecule has 2 amide bonds. The lowest BCUT2D eigenvalue weighted by Gasteiger charge is -2.35. The summed E-state index contributed by atoms with van der Waals surface area (Å²) in [5.41, 5.74) is 2.56. The number of rotatable bonds is 3. The third kappa shape index (κ3) is 3.69. The number of fused-ring (bicyclic) bond motifs is 1. The highest BCUT2D eigenvalue weighted by Crippen LogP contribution is 2.31. The molecule has 6 heteroatoms. The monoisotopic (exact) mass is 356 g/mol. The van der Waals surface area contributed by atoms with Gasteiger partial charge >= 0.3 is 12.0 Å². The molecule has 136 valence electrons. The molecule has 0 bridgehead atoms. The first-order valence-corrected chi connectivity index (χ1v) is 8.65. The van der Waals surface area contributed by atoms with Crippen LogP contribution in [0.15, 0.2) is 42.5 Å². The number of carbonyl (C=O) groups excluding carboxylic acids is 2. The summed E-state index contributed by atoms with van der Waals surface area (Å²) in [6, 6.07) is 10.7. The number of anilines is 2. The van der Waals surface area contributed by atoms with Crippen molar-refractivity contribution in [1.29, 1.82) is 0 Å². The van der Waals surface area contributed by atoms with Gasteiger partial charge in [0.05, 0.1) is 12.2 Å². The average molecular weight is 356 g/mol. The minimum Gasteiger partial charge on any atom is -0.462 e. The Morgan fingerprint density at radius 3 is 2.65 bits per heavy atom. The molecule has 0 fully saturated rings. The summed E-state index contributed by atoms with van der Waals surface area (Å²) in [6.07, 6.45) is 1.51. The van der Waals surface area contributed by atoms with E-state index < -0.39 is 5.97 Å². The minimum atomic E-state index is -0.397. The second-order valence-electron chi connectivity index (χ2n) is 6.26. The highest BCUT2D eigenvalue weighted by molar-refractivity contribution is 6.03. The second kappa shape index (κ2) is 7.56. The molecule has 3 rings (SSSR count). The number of hydrogen-bond acceptors (Lipinski definition) is 3. The van der Waals surface area contributed by atoms with Gasteiger partial charge in [-0.15, -0.1) is 0 Å². The van der Waals surface area contributed by atoms with Gasteiger partial charge in [0.2, 0.25) is 0 Å². The summed E-state index contributed by atoms with van der Waals surface area (Å²) < 4.78 is 18.4. The highest BCUT2D eigenvalue weighted by Gasteiger charge is 2.28. The predicted molar refractivity (Wildman–Crippen MR) is 98.1 cm³/mol. The van der Waals surface area contributed by atoms with Gasteiger partial charge in [0.15, 0.2) is 0 Å². The van der Waals surface area contributed by atoms with Crippen LogP contribution in [0.3, 0.4) is 0 Å². The first kappa shape index (κ1) is 17.9. The molecular formula is C20H21FN2O3. The number of aryl methyl sites for hydroxylation is 1. The van der Waals surface area contributed by atoms with Gasteiger partial charge in [-0.3, -0.25) is 4.90 Å². The maximum atomic E-state index is 13.5. The largest absolute Gasteiger partial charge is 0.462 e. The molecule has 1 heterocycles. The van der Waals surface area contributed by atoms with Crippen molar-refractivity contribution >= 4 is 23.4 Å². The van der Waals surface area contributed by atoms with E-state index in [-0.39, 0.29) is 17.9 Å². The summed E-state index contributed by atoms with van der Waals surface area (Å²) in [4.78, 5) is 26.1. The van der Waals surface area contributed by atoms with Crippen LogP contribution in [-0.2, 0) is 11.2 Å². The van der Waals surface area contributed by atoms with Crippen molar-refractivity contribution in [2.24, 2.45) is 0 Å². The first-order valence-electron chi connectivity index (χ1n) is 8.65. The number of ether oxygens (including phenoxy) is 1. The molecule has 0 aromatic heterocycles. The standard InChI is InChI=1S/C20H21FN2O3/c1-3-26-19(24)14-6-9-17(10-7-14)22-20(25)23-13(2)4-5-15-12-16(21)8-11-18(15)23/h6-13H,3-5H2,1-2H3,(H,22,25)/t13-/m0/s1. The molecule has 1 aliphatic rings. The zero-order chi connectivity index (χ0) is 18.7. The minimum absolute atomic E-state index is 0.00627. The smallest absolute Gasteiger partial charge is 0.338 e. The van der Waals surface area contributed by atoms with Gasteiger partial charge in [-0.1, -0.05) is 0 Å². The average Bonchev–Trinajstić information content (AvgIpc) is 2.62. The van der Waals surface area contributed by atoms with Crippen molar-refractivity contribution in [3.8, 4) is 0 Å². The van der Waals surface area contributed by atoms with Crippen LogP contribution in [0.4, 0.5) is 20.6 Å². The fraction of sp³-hybridized carbons (Fsp3) is 0.300. The summed E-state index contributed by atoms with van der Waals surface area (Å²) in [6.45, 7) is 4.02. The van der Waals surface area contributed by atoms with E-state index in [4.69, 9.17) is 4.74 Å². The van der Waals surface area contributed by atoms with Crippen molar-refractivity contribution in [3.05, 3.63) is 59.4 Å². The van der Waals surface area contributed by atoms with Crippen molar-refractivity contribution in [2.75, 3.05) is 16.8 Å². The van der Waals surface area contributed by atoms with Crippen LogP contribution in [0, 0.1) is 5.82 Å². The SMILES string of the molecule is CCOC(=O)c1ccc(NC(=O)N2c3ccc(F)cc3CC[C@@H]2C)cc1.